The molecule has 0 fully saturated rings. The van der Waals surface area contributed by atoms with Crippen molar-refractivity contribution >= 4 is 56.4 Å². The second kappa shape index (κ2) is 13.4. The standard InChI is InChI=1S/C31H35ClN4O5S/c1-4-5-10-29(37)34-23-13-11-22(12-14-23)15-16-33-30(38)19-27-31(39)35-25-8-6-7-9-26(25)36(27)42(40,41)28-18-20(2)24(32)17-21(28)3/h6-9,11-14,17-18,27H,4-5,10,15-16,19H2,1-3H3,(H,33,38)(H,34,37)(H,35,39)/t27-/m1/s1. The minimum absolute atomic E-state index is 0.0179. The summed E-state index contributed by atoms with van der Waals surface area (Å²) in [6.45, 7) is 5.67. The number of para-hydroxylation sites is 2. The molecule has 0 aliphatic carbocycles. The number of hydrogen-bond donors (Lipinski definition) is 3. The van der Waals surface area contributed by atoms with Crippen LogP contribution in [0.1, 0.15) is 49.3 Å². The van der Waals surface area contributed by atoms with Crippen LogP contribution in [0.25, 0.3) is 0 Å². The molecule has 11 heteroatoms. The van der Waals surface area contributed by atoms with E-state index < -0.39 is 27.9 Å². The maximum Gasteiger partial charge on any atom is 0.265 e. The van der Waals surface area contributed by atoms with Crippen molar-refractivity contribution in [2.24, 2.45) is 0 Å². The largest absolute Gasteiger partial charge is 0.356 e. The number of sulfonamides is 1. The molecule has 0 unspecified atom stereocenters. The van der Waals surface area contributed by atoms with E-state index in [1.54, 1.807) is 44.2 Å². The quantitative estimate of drug-likeness (QED) is 0.270. The summed E-state index contributed by atoms with van der Waals surface area (Å²) in [4.78, 5) is 38.2. The summed E-state index contributed by atoms with van der Waals surface area (Å²) in [5.74, 6) is -1.07. The lowest BCUT2D eigenvalue weighted by atomic mass is 10.1. The van der Waals surface area contributed by atoms with Crippen molar-refractivity contribution < 1.29 is 22.8 Å². The molecule has 4 rings (SSSR count). The first-order valence-electron chi connectivity index (χ1n) is 13.9. The topological polar surface area (TPSA) is 125 Å². The van der Waals surface area contributed by atoms with Gasteiger partial charge in [-0.1, -0.05) is 49.2 Å². The first-order valence-corrected chi connectivity index (χ1v) is 15.7. The fourth-order valence-corrected chi connectivity index (χ4v) is 6.93. The molecular formula is C31H35ClN4O5S. The molecule has 1 heterocycles. The van der Waals surface area contributed by atoms with Crippen LogP contribution in [0, 0.1) is 13.8 Å². The van der Waals surface area contributed by atoms with Crippen LogP contribution in [0.4, 0.5) is 17.1 Å². The van der Waals surface area contributed by atoms with E-state index >= 15 is 0 Å². The van der Waals surface area contributed by atoms with Crippen LogP contribution in [0.15, 0.2) is 65.6 Å². The van der Waals surface area contributed by atoms with Crippen molar-refractivity contribution in [2.45, 2.75) is 63.8 Å². The number of carbonyl (C=O) groups excluding carboxylic acids is 3. The third kappa shape index (κ3) is 7.11. The molecule has 42 heavy (non-hydrogen) atoms. The summed E-state index contributed by atoms with van der Waals surface area (Å²) >= 11 is 6.22. The molecule has 0 radical (unpaired) electrons. The Morgan fingerprint density at radius 1 is 1.00 bits per heavy atom. The van der Waals surface area contributed by atoms with Crippen LogP contribution in [0.5, 0.6) is 0 Å². The van der Waals surface area contributed by atoms with Crippen molar-refractivity contribution in [3.8, 4) is 0 Å². The van der Waals surface area contributed by atoms with E-state index in [1.807, 2.05) is 31.2 Å². The predicted octanol–water partition coefficient (Wildman–Crippen LogP) is 5.35. The second-order valence-electron chi connectivity index (χ2n) is 10.3. The van der Waals surface area contributed by atoms with Crippen LogP contribution in [0.2, 0.25) is 5.02 Å². The Kier molecular flexibility index (Phi) is 9.90. The van der Waals surface area contributed by atoms with Gasteiger partial charge in [0.15, 0.2) is 0 Å². The lowest BCUT2D eigenvalue weighted by Crippen LogP contribution is -2.53. The van der Waals surface area contributed by atoms with Crippen molar-refractivity contribution in [3.05, 3.63) is 82.4 Å². The maximum absolute atomic E-state index is 14.1. The first-order chi connectivity index (χ1) is 20.0. The minimum Gasteiger partial charge on any atom is -0.356 e. The van der Waals surface area contributed by atoms with Gasteiger partial charge in [0.05, 0.1) is 22.7 Å². The highest BCUT2D eigenvalue weighted by Gasteiger charge is 2.42. The third-order valence-corrected chi connectivity index (χ3v) is 9.46. The van der Waals surface area contributed by atoms with E-state index in [0.29, 0.717) is 40.4 Å². The van der Waals surface area contributed by atoms with Gasteiger partial charge in [0, 0.05) is 23.7 Å². The number of fused-ring (bicyclic) bond motifs is 1. The first kappa shape index (κ1) is 31.1. The molecule has 3 N–H and O–H groups in total. The van der Waals surface area contributed by atoms with Gasteiger partial charge in [0.2, 0.25) is 17.7 Å². The average Bonchev–Trinajstić information content (AvgIpc) is 2.95. The fourth-order valence-electron chi connectivity index (χ4n) is 4.78. The maximum atomic E-state index is 14.1. The van der Waals surface area contributed by atoms with Gasteiger partial charge in [-0.3, -0.25) is 18.7 Å². The highest BCUT2D eigenvalue weighted by atomic mass is 35.5. The van der Waals surface area contributed by atoms with Gasteiger partial charge in [-0.05, 0) is 79.8 Å². The van der Waals surface area contributed by atoms with E-state index in [-0.39, 0.29) is 29.5 Å². The lowest BCUT2D eigenvalue weighted by molar-refractivity contribution is -0.125. The molecule has 222 valence electrons. The molecule has 3 amide bonds. The summed E-state index contributed by atoms with van der Waals surface area (Å²) in [5.41, 5.74) is 3.30. The lowest BCUT2D eigenvalue weighted by Gasteiger charge is -2.37. The van der Waals surface area contributed by atoms with Gasteiger partial charge in [-0.15, -0.1) is 0 Å². The smallest absolute Gasteiger partial charge is 0.265 e. The van der Waals surface area contributed by atoms with E-state index in [2.05, 4.69) is 16.0 Å². The molecule has 1 aliphatic heterocycles. The SMILES string of the molecule is CCCCC(=O)Nc1ccc(CCNC(=O)C[C@@H]2C(=O)Nc3ccccc3N2S(=O)(=O)c2cc(C)c(Cl)cc2C)cc1. The summed E-state index contributed by atoms with van der Waals surface area (Å²) in [6.07, 6.45) is 2.41. The molecule has 3 aromatic rings. The number of carbonyl (C=O) groups is 3. The van der Waals surface area contributed by atoms with E-state index in [9.17, 15) is 22.8 Å². The summed E-state index contributed by atoms with van der Waals surface area (Å²) in [6, 6.07) is 15.7. The van der Waals surface area contributed by atoms with Gasteiger partial charge in [0.1, 0.15) is 6.04 Å². The predicted molar refractivity (Wildman–Crippen MR) is 165 cm³/mol. The normalized spacial score (nSPS) is 14.6. The number of nitrogens with one attached hydrogen (secondary N) is 3. The van der Waals surface area contributed by atoms with Gasteiger partial charge in [-0.2, -0.15) is 0 Å². The molecule has 3 aromatic carbocycles. The number of amides is 3. The number of aryl methyl sites for hydroxylation is 2. The number of halogens is 1. The Balaban J connectivity index is 1.47. The monoisotopic (exact) mass is 610 g/mol. The highest BCUT2D eigenvalue weighted by Crippen LogP contribution is 2.38. The van der Waals surface area contributed by atoms with E-state index in [0.717, 1.165) is 22.7 Å². The second-order valence-corrected chi connectivity index (χ2v) is 12.5. The number of unbranched alkanes of at least 4 members (excludes halogenated alkanes) is 1. The molecule has 0 saturated carbocycles. The fraction of sp³-hybridized carbons (Fsp3) is 0.323. The molecule has 0 bridgehead atoms. The van der Waals surface area contributed by atoms with Crippen molar-refractivity contribution in [2.75, 3.05) is 21.5 Å². The zero-order valence-electron chi connectivity index (χ0n) is 23.9. The van der Waals surface area contributed by atoms with Crippen LogP contribution in [-0.4, -0.2) is 38.7 Å². The van der Waals surface area contributed by atoms with E-state index in [1.165, 1.54) is 6.07 Å². The molecule has 1 aliphatic rings. The summed E-state index contributed by atoms with van der Waals surface area (Å²) in [5, 5.41) is 8.85. The zero-order chi connectivity index (χ0) is 30.4. The molecule has 1 atom stereocenters. The third-order valence-electron chi connectivity index (χ3n) is 7.09. The molecule has 0 spiro atoms. The van der Waals surface area contributed by atoms with Gasteiger partial charge in [0.25, 0.3) is 10.0 Å². The van der Waals surface area contributed by atoms with Crippen molar-refractivity contribution in [1.29, 1.82) is 0 Å². The van der Waals surface area contributed by atoms with Crippen molar-refractivity contribution in [1.82, 2.24) is 5.32 Å². The zero-order valence-corrected chi connectivity index (χ0v) is 25.4. The Bertz CT molecular complexity index is 1590. The number of hydrogen-bond acceptors (Lipinski definition) is 5. The number of rotatable bonds is 11. The highest BCUT2D eigenvalue weighted by molar-refractivity contribution is 7.93. The molecule has 0 saturated heterocycles. The van der Waals surface area contributed by atoms with Crippen LogP contribution >= 0.6 is 11.6 Å². The van der Waals surface area contributed by atoms with Gasteiger partial charge < -0.3 is 16.0 Å². The van der Waals surface area contributed by atoms with Gasteiger partial charge >= 0.3 is 0 Å². The van der Waals surface area contributed by atoms with Crippen molar-refractivity contribution in [3.63, 3.8) is 0 Å². The summed E-state index contributed by atoms with van der Waals surface area (Å²) in [7, 11) is -4.25. The molecule has 9 nitrogen and oxygen atoms in total. The molecular weight excluding hydrogens is 576 g/mol. The van der Waals surface area contributed by atoms with E-state index in [4.69, 9.17) is 11.6 Å². The van der Waals surface area contributed by atoms with Crippen LogP contribution < -0.4 is 20.3 Å². The van der Waals surface area contributed by atoms with Gasteiger partial charge in [-0.25, -0.2) is 8.42 Å². The van der Waals surface area contributed by atoms with Crippen LogP contribution in [0.3, 0.4) is 0 Å². The Morgan fingerprint density at radius 3 is 2.43 bits per heavy atom. The summed E-state index contributed by atoms with van der Waals surface area (Å²) < 4.78 is 29.2. The number of anilines is 3. The number of benzene rings is 3. The Labute approximate surface area is 251 Å². The number of nitrogens with zero attached hydrogens (tertiary/aromatic N) is 1. The van der Waals surface area contributed by atoms with Crippen LogP contribution in [-0.2, 0) is 30.8 Å². The average molecular weight is 611 g/mol. The molecule has 0 aromatic heterocycles. The Hall–Kier alpha value is -3.89. The minimum atomic E-state index is -4.25. The Morgan fingerprint density at radius 2 is 1.71 bits per heavy atom.